The van der Waals surface area contributed by atoms with Crippen LogP contribution in [-0.2, 0) is 24.1 Å². The maximum atomic E-state index is 12.1. The molecule has 0 aliphatic carbocycles. The highest BCUT2D eigenvalue weighted by atomic mass is 32.2. The Morgan fingerprint density at radius 3 is 2.35 bits per heavy atom. The highest BCUT2D eigenvalue weighted by Gasteiger charge is 2.31. The third-order valence-electron chi connectivity index (χ3n) is 2.56. The normalized spacial score (nSPS) is 13.3. The number of carbonyl (C=O) groups is 2. The zero-order chi connectivity index (χ0) is 18.1. The smallest absolute Gasteiger partial charge is 0.407 e. The molecule has 23 heavy (non-hydrogen) atoms. The summed E-state index contributed by atoms with van der Waals surface area (Å²) in [6.07, 6.45) is 0.668. The Morgan fingerprint density at radius 2 is 1.87 bits per heavy atom. The van der Waals surface area contributed by atoms with E-state index in [1.807, 2.05) is 6.92 Å². The van der Waals surface area contributed by atoms with Gasteiger partial charge in [-0.05, 0) is 27.2 Å². The summed E-state index contributed by atoms with van der Waals surface area (Å²) in [5, 5.41) is 2.26. The van der Waals surface area contributed by atoms with Gasteiger partial charge in [-0.3, -0.25) is 0 Å². The average Bonchev–Trinajstić information content (AvgIpc) is 2.35. The monoisotopic (exact) mass is 352 g/mol. The van der Waals surface area contributed by atoms with Crippen LogP contribution < -0.4 is 11.1 Å². The van der Waals surface area contributed by atoms with Gasteiger partial charge in [0, 0.05) is 6.54 Å². The standard InChI is InChI=1S/C14H28N2O6S/c1-5-6-8-21-13(18)16-11(10-23(19,20)9-7-15)12(17)22-14(2,3)4/h11H,5-10,15H2,1-4H3,(H,16,18). The number of amides is 1. The van der Waals surface area contributed by atoms with Gasteiger partial charge in [0.2, 0.25) is 0 Å². The van der Waals surface area contributed by atoms with E-state index in [1.54, 1.807) is 20.8 Å². The van der Waals surface area contributed by atoms with E-state index in [0.717, 1.165) is 6.42 Å². The first kappa shape index (κ1) is 21.6. The van der Waals surface area contributed by atoms with Crippen molar-refractivity contribution in [1.82, 2.24) is 5.32 Å². The second-order valence-electron chi connectivity index (χ2n) is 6.12. The molecule has 8 nitrogen and oxygen atoms in total. The maximum Gasteiger partial charge on any atom is 0.407 e. The topological polar surface area (TPSA) is 125 Å². The van der Waals surface area contributed by atoms with Crippen LogP contribution in [0.3, 0.4) is 0 Å². The Balaban J connectivity index is 4.93. The molecule has 0 fully saturated rings. The Bertz CT molecular complexity index is 484. The van der Waals surface area contributed by atoms with Gasteiger partial charge < -0.3 is 20.5 Å². The fraction of sp³-hybridized carbons (Fsp3) is 0.857. The molecule has 1 atom stereocenters. The first-order valence-corrected chi connectivity index (χ1v) is 9.39. The van der Waals surface area contributed by atoms with E-state index in [1.165, 1.54) is 0 Å². The third kappa shape index (κ3) is 10.9. The summed E-state index contributed by atoms with van der Waals surface area (Å²) in [6, 6.07) is -1.33. The van der Waals surface area contributed by atoms with Gasteiger partial charge in [0.1, 0.15) is 11.6 Å². The molecule has 0 aromatic carbocycles. The van der Waals surface area contributed by atoms with Gasteiger partial charge in [0.05, 0.1) is 18.1 Å². The lowest BCUT2D eigenvalue weighted by atomic mass is 10.2. The molecule has 0 bridgehead atoms. The molecular weight excluding hydrogens is 324 g/mol. The molecule has 0 aromatic heterocycles. The minimum atomic E-state index is -3.60. The molecule has 0 radical (unpaired) electrons. The van der Waals surface area contributed by atoms with Crippen molar-refractivity contribution in [3.05, 3.63) is 0 Å². The molecule has 0 saturated carbocycles. The van der Waals surface area contributed by atoms with Gasteiger partial charge in [0.15, 0.2) is 9.84 Å². The van der Waals surface area contributed by atoms with Crippen LogP contribution in [0.1, 0.15) is 40.5 Å². The number of hydrogen-bond acceptors (Lipinski definition) is 7. The van der Waals surface area contributed by atoms with Crippen LogP contribution in [0.25, 0.3) is 0 Å². The number of esters is 1. The number of ether oxygens (including phenoxy) is 2. The van der Waals surface area contributed by atoms with Crippen LogP contribution in [0.5, 0.6) is 0 Å². The van der Waals surface area contributed by atoms with Crippen molar-refractivity contribution in [1.29, 1.82) is 0 Å². The Labute approximate surface area is 138 Å². The predicted molar refractivity (Wildman–Crippen MR) is 86.7 cm³/mol. The maximum absolute atomic E-state index is 12.1. The number of rotatable bonds is 9. The molecule has 0 spiro atoms. The summed E-state index contributed by atoms with van der Waals surface area (Å²) in [4.78, 5) is 23.8. The number of nitrogens with one attached hydrogen (secondary N) is 1. The molecule has 3 N–H and O–H groups in total. The van der Waals surface area contributed by atoms with Crippen molar-refractivity contribution in [2.45, 2.75) is 52.2 Å². The summed E-state index contributed by atoms with van der Waals surface area (Å²) in [6.45, 7) is 7.01. The summed E-state index contributed by atoms with van der Waals surface area (Å²) in [5.41, 5.74) is 4.44. The molecule has 9 heteroatoms. The predicted octanol–water partition coefficient (Wildman–Crippen LogP) is 0.597. The van der Waals surface area contributed by atoms with Crippen LogP contribution >= 0.6 is 0 Å². The highest BCUT2D eigenvalue weighted by molar-refractivity contribution is 7.91. The number of sulfone groups is 1. The van der Waals surface area contributed by atoms with Crippen LogP contribution in [0.2, 0.25) is 0 Å². The van der Waals surface area contributed by atoms with Gasteiger partial charge in [0.25, 0.3) is 0 Å². The molecular formula is C14H28N2O6S. The van der Waals surface area contributed by atoms with Gasteiger partial charge in [-0.25, -0.2) is 18.0 Å². The summed E-state index contributed by atoms with van der Waals surface area (Å²) in [5.74, 6) is -1.69. The van der Waals surface area contributed by atoms with E-state index < -0.39 is 39.3 Å². The number of carbonyl (C=O) groups excluding carboxylic acids is 2. The molecule has 0 rings (SSSR count). The van der Waals surface area contributed by atoms with Crippen molar-refractivity contribution in [3.8, 4) is 0 Å². The number of nitrogens with two attached hydrogens (primary N) is 1. The third-order valence-corrected chi connectivity index (χ3v) is 4.26. The first-order chi connectivity index (χ1) is 10.5. The molecule has 0 aliphatic heterocycles. The van der Waals surface area contributed by atoms with Crippen LogP contribution in [0, 0.1) is 0 Å². The number of alkyl carbamates (subject to hydrolysis) is 1. The van der Waals surface area contributed by atoms with Crippen LogP contribution in [-0.4, -0.2) is 56.8 Å². The van der Waals surface area contributed by atoms with Crippen molar-refractivity contribution < 1.29 is 27.5 Å². The second-order valence-corrected chi connectivity index (χ2v) is 8.35. The van der Waals surface area contributed by atoms with E-state index in [2.05, 4.69) is 5.32 Å². The van der Waals surface area contributed by atoms with Crippen LogP contribution in [0.4, 0.5) is 4.79 Å². The molecule has 1 amide bonds. The summed E-state index contributed by atoms with van der Waals surface area (Å²) >= 11 is 0. The first-order valence-electron chi connectivity index (χ1n) is 7.57. The van der Waals surface area contributed by atoms with Gasteiger partial charge >= 0.3 is 12.1 Å². The fourth-order valence-electron chi connectivity index (χ4n) is 1.55. The van der Waals surface area contributed by atoms with Gasteiger partial charge in [-0.15, -0.1) is 0 Å². The van der Waals surface area contributed by atoms with Crippen molar-refractivity contribution in [2.75, 3.05) is 24.7 Å². The van der Waals surface area contributed by atoms with E-state index in [9.17, 15) is 18.0 Å². The van der Waals surface area contributed by atoms with E-state index in [-0.39, 0.29) is 18.9 Å². The molecule has 136 valence electrons. The summed E-state index contributed by atoms with van der Waals surface area (Å²) in [7, 11) is -3.60. The van der Waals surface area contributed by atoms with Crippen molar-refractivity contribution in [3.63, 3.8) is 0 Å². The molecule has 1 unspecified atom stereocenters. The highest BCUT2D eigenvalue weighted by Crippen LogP contribution is 2.10. The lowest BCUT2D eigenvalue weighted by Gasteiger charge is -2.24. The zero-order valence-corrected chi connectivity index (χ0v) is 15.1. The van der Waals surface area contributed by atoms with E-state index >= 15 is 0 Å². The fourth-order valence-corrected chi connectivity index (χ4v) is 2.80. The lowest BCUT2D eigenvalue weighted by molar-refractivity contribution is -0.156. The van der Waals surface area contributed by atoms with E-state index in [4.69, 9.17) is 15.2 Å². The van der Waals surface area contributed by atoms with Crippen molar-refractivity contribution >= 4 is 21.9 Å². The quantitative estimate of drug-likeness (QED) is 0.460. The SMILES string of the molecule is CCCCOC(=O)NC(CS(=O)(=O)CCN)C(=O)OC(C)(C)C. The van der Waals surface area contributed by atoms with E-state index in [0.29, 0.717) is 6.42 Å². The molecule has 0 aliphatic rings. The second kappa shape index (κ2) is 9.71. The minimum Gasteiger partial charge on any atom is -0.458 e. The Hall–Kier alpha value is -1.35. The largest absolute Gasteiger partial charge is 0.458 e. The minimum absolute atomic E-state index is 0.0652. The summed E-state index contributed by atoms with van der Waals surface area (Å²) < 4.78 is 33.8. The number of unbranched alkanes of at least 4 members (excludes halogenated alkanes) is 1. The van der Waals surface area contributed by atoms with Gasteiger partial charge in [-0.1, -0.05) is 13.3 Å². The molecule has 0 heterocycles. The lowest BCUT2D eigenvalue weighted by Crippen LogP contribution is -2.48. The van der Waals surface area contributed by atoms with Crippen molar-refractivity contribution in [2.24, 2.45) is 5.73 Å². The number of hydrogen-bond donors (Lipinski definition) is 2. The average molecular weight is 352 g/mol. The van der Waals surface area contributed by atoms with Crippen LogP contribution in [0.15, 0.2) is 0 Å². The Kier molecular flexibility index (Phi) is 9.14. The zero-order valence-electron chi connectivity index (χ0n) is 14.3. The Morgan fingerprint density at radius 1 is 1.26 bits per heavy atom. The van der Waals surface area contributed by atoms with Gasteiger partial charge in [-0.2, -0.15) is 0 Å². The molecule has 0 saturated heterocycles. The molecule has 0 aromatic rings.